The van der Waals surface area contributed by atoms with Gasteiger partial charge in [-0.1, -0.05) is 26.8 Å². The third kappa shape index (κ3) is 4.73. The van der Waals surface area contributed by atoms with E-state index < -0.39 is 11.6 Å². The lowest BCUT2D eigenvalue weighted by molar-refractivity contribution is 0.422. The van der Waals surface area contributed by atoms with Crippen LogP contribution < -0.4 is 5.32 Å². The van der Waals surface area contributed by atoms with Crippen molar-refractivity contribution in [1.82, 2.24) is 5.32 Å². The Balaban J connectivity index is 2.70. The summed E-state index contributed by atoms with van der Waals surface area (Å²) in [4.78, 5) is 0. The Morgan fingerprint density at radius 2 is 1.72 bits per heavy atom. The topological polar surface area (TPSA) is 12.0 Å². The first-order chi connectivity index (χ1) is 8.54. The first-order valence-electron chi connectivity index (χ1n) is 6.70. The molecule has 0 heterocycles. The van der Waals surface area contributed by atoms with Crippen LogP contribution in [0.15, 0.2) is 18.2 Å². The zero-order valence-corrected chi connectivity index (χ0v) is 11.5. The van der Waals surface area contributed by atoms with Gasteiger partial charge in [0.1, 0.15) is 11.6 Å². The maximum Gasteiger partial charge on any atom is 0.129 e. The van der Waals surface area contributed by atoms with Gasteiger partial charge in [-0.25, -0.2) is 8.78 Å². The van der Waals surface area contributed by atoms with E-state index in [2.05, 4.69) is 19.2 Å². The molecule has 1 aromatic carbocycles. The van der Waals surface area contributed by atoms with Crippen molar-refractivity contribution in [2.45, 2.75) is 46.1 Å². The molecule has 102 valence electrons. The second kappa shape index (κ2) is 7.47. The second-order valence-corrected chi connectivity index (χ2v) is 5.13. The number of likely N-dealkylation sites (N-methyl/N-ethyl adjacent to an activating group) is 1. The minimum Gasteiger partial charge on any atom is -0.314 e. The molecule has 18 heavy (non-hydrogen) atoms. The van der Waals surface area contributed by atoms with Gasteiger partial charge in [0.2, 0.25) is 0 Å². The van der Waals surface area contributed by atoms with Crippen LogP contribution >= 0.6 is 0 Å². The summed E-state index contributed by atoms with van der Waals surface area (Å²) in [5, 5.41) is 3.31. The largest absolute Gasteiger partial charge is 0.314 e. The molecule has 0 aliphatic carbocycles. The van der Waals surface area contributed by atoms with Crippen LogP contribution in [0.1, 0.15) is 39.2 Å². The summed E-state index contributed by atoms with van der Waals surface area (Å²) in [6.45, 7) is 7.15. The molecule has 0 aliphatic heterocycles. The minimum atomic E-state index is -0.442. The van der Waals surface area contributed by atoms with Crippen molar-refractivity contribution in [1.29, 1.82) is 0 Å². The predicted molar refractivity (Wildman–Crippen MR) is 71.6 cm³/mol. The van der Waals surface area contributed by atoms with E-state index in [1.165, 1.54) is 18.2 Å². The van der Waals surface area contributed by atoms with Crippen molar-refractivity contribution >= 4 is 0 Å². The average molecular weight is 255 g/mol. The van der Waals surface area contributed by atoms with E-state index in [1.54, 1.807) is 0 Å². The molecule has 0 aromatic heterocycles. The van der Waals surface area contributed by atoms with Crippen molar-refractivity contribution in [3.63, 3.8) is 0 Å². The number of benzene rings is 1. The summed E-state index contributed by atoms with van der Waals surface area (Å²) in [5.74, 6) is -0.276. The van der Waals surface area contributed by atoms with Crippen LogP contribution in [-0.4, -0.2) is 12.6 Å². The van der Waals surface area contributed by atoms with Gasteiger partial charge in [-0.05, 0) is 43.9 Å². The second-order valence-electron chi connectivity index (χ2n) is 5.13. The van der Waals surface area contributed by atoms with Crippen molar-refractivity contribution in [2.75, 3.05) is 6.54 Å². The van der Waals surface area contributed by atoms with Gasteiger partial charge in [-0.3, -0.25) is 0 Å². The Morgan fingerprint density at radius 1 is 1.11 bits per heavy atom. The first-order valence-corrected chi connectivity index (χ1v) is 6.70. The summed E-state index contributed by atoms with van der Waals surface area (Å²) in [6.07, 6.45) is 2.42. The molecule has 1 unspecified atom stereocenters. The van der Waals surface area contributed by atoms with Gasteiger partial charge in [0.15, 0.2) is 0 Å². The molecule has 0 saturated heterocycles. The summed E-state index contributed by atoms with van der Waals surface area (Å²) < 4.78 is 27.2. The van der Waals surface area contributed by atoms with Gasteiger partial charge in [-0.15, -0.1) is 0 Å². The van der Waals surface area contributed by atoms with Gasteiger partial charge in [0, 0.05) is 11.6 Å². The van der Waals surface area contributed by atoms with E-state index in [9.17, 15) is 8.78 Å². The molecule has 3 heteroatoms. The van der Waals surface area contributed by atoms with E-state index in [0.717, 1.165) is 19.4 Å². The Labute approximate surface area is 109 Å². The summed E-state index contributed by atoms with van der Waals surface area (Å²) >= 11 is 0. The van der Waals surface area contributed by atoms with Gasteiger partial charge < -0.3 is 5.32 Å². The molecular weight excluding hydrogens is 232 g/mol. The third-order valence-corrected chi connectivity index (χ3v) is 3.10. The molecule has 1 aromatic rings. The Morgan fingerprint density at radius 3 is 2.22 bits per heavy atom. The van der Waals surface area contributed by atoms with Crippen molar-refractivity contribution in [3.8, 4) is 0 Å². The smallest absolute Gasteiger partial charge is 0.129 e. The Hall–Kier alpha value is -0.960. The van der Waals surface area contributed by atoms with E-state index in [4.69, 9.17) is 0 Å². The van der Waals surface area contributed by atoms with Crippen molar-refractivity contribution in [3.05, 3.63) is 35.4 Å². The zero-order chi connectivity index (χ0) is 13.5. The van der Waals surface area contributed by atoms with E-state index in [-0.39, 0.29) is 11.6 Å². The predicted octanol–water partition coefficient (Wildman–Crippen LogP) is 3.92. The van der Waals surface area contributed by atoms with Crippen LogP contribution in [0.5, 0.6) is 0 Å². The highest BCUT2D eigenvalue weighted by molar-refractivity contribution is 5.20. The van der Waals surface area contributed by atoms with Gasteiger partial charge in [0.05, 0.1) is 0 Å². The van der Waals surface area contributed by atoms with Crippen molar-refractivity contribution < 1.29 is 8.78 Å². The van der Waals surface area contributed by atoms with Gasteiger partial charge in [0.25, 0.3) is 0 Å². The molecule has 1 nitrogen and oxygen atoms in total. The summed E-state index contributed by atoms with van der Waals surface area (Å²) in [5.41, 5.74) is 0.201. The molecule has 0 radical (unpaired) electrons. The van der Waals surface area contributed by atoms with Crippen LogP contribution in [-0.2, 0) is 6.42 Å². The SMILES string of the molecule is CCNC(CCC(C)C)Cc1c(F)cccc1F. The number of hydrogen-bond donors (Lipinski definition) is 1. The number of hydrogen-bond acceptors (Lipinski definition) is 1. The fourth-order valence-corrected chi connectivity index (χ4v) is 2.07. The minimum absolute atomic E-state index is 0.142. The molecule has 0 aliphatic rings. The van der Waals surface area contributed by atoms with Crippen LogP contribution in [0.2, 0.25) is 0 Å². The Kier molecular flexibility index (Phi) is 6.27. The Bertz CT molecular complexity index is 343. The summed E-state index contributed by atoms with van der Waals surface area (Å²) in [6, 6.07) is 4.20. The lowest BCUT2D eigenvalue weighted by atomic mass is 9.97. The van der Waals surface area contributed by atoms with Gasteiger partial charge >= 0.3 is 0 Å². The first kappa shape index (κ1) is 15.1. The highest BCUT2D eigenvalue weighted by atomic mass is 19.1. The molecule has 1 rings (SSSR count). The standard InChI is InChI=1S/C15H23F2N/c1-4-18-12(9-8-11(2)3)10-13-14(16)6-5-7-15(13)17/h5-7,11-12,18H,4,8-10H2,1-3H3. The summed E-state index contributed by atoms with van der Waals surface area (Å²) in [7, 11) is 0. The van der Waals surface area contributed by atoms with E-state index in [0.29, 0.717) is 12.3 Å². The zero-order valence-electron chi connectivity index (χ0n) is 11.5. The maximum absolute atomic E-state index is 13.6. The number of nitrogens with one attached hydrogen (secondary N) is 1. The van der Waals surface area contributed by atoms with E-state index in [1.807, 2.05) is 6.92 Å². The van der Waals surface area contributed by atoms with Crippen LogP contribution in [0.4, 0.5) is 8.78 Å². The molecular formula is C15H23F2N. The van der Waals surface area contributed by atoms with E-state index >= 15 is 0 Å². The lowest BCUT2D eigenvalue weighted by Crippen LogP contribution is -2.32. The van der Waals surface area contributed by atoms with Gasteiger partial charge in [-0.2, -0.15) is 0 Å². The third-order valence-electron chi connectivity index (χ3n) is 3.10. The fraction of sp³-hybridized carbons (Fsp3) is 0.600. The van der Waals surface area contributed by atoms with Crippen LogP contribution in [0.25, 0.3) is 0 Å². The molecule has 0 bridgehead atoms. The quantitative estimate of drug-likeness (QED) is 0.778. The average Bonchev–Trinajstić information content (AvgIpc) is 2.30. The highest BCUT2D eigenvalue weighted by Gasteiger charge is 2.15. The molecule has 0 spiro atoms. The maximum atomic E-state index is 13.6. The van der Waals surface area contributed by atoms with Crippen molar-refractivity contribution in [2.24, 2.45) is 5.92 Å². The molecule has 1 N–H and O–H groups in total. The highest BCUT2D eigenvalue weighted by Crippen LogP contribution is 2.17. The number of rotatable bonds is 7. The molecule has 0 fully saturated rings. The monoisotopic (exact) mass is 255 g/mol. The normalized spacial score (nSPS) is 13.0. The molecule has 1 atom stereocenters. The molecule has 0 amide bonds. The fourth-order valence-electron chi connectivity index (χ4n) is 2.07. The lowest BCUT2D eigenvalue weighted by Gasteiger charge is -2.19. The van der Waals surface area contributed by atoms with Crippen LogP contribution in [0.3, 0.4) is 0 Å². The number of halogens is 2. The molecule has 0 saturated carbocycles. The van der Waals surface area contributed by atoms with Crippen LogP contribution in [0, 0.1) is 17.6 Å².